The van der Waals surface area contributed by atoms with Gasteiger partial charge in [-0.15, -0.1) is 0 Å². The summed E-state index contributed by atoms with van der Waals surface area (Å²) in [4.78, 5) is 5.13. The molecule has 0 atom stereocenters. The van der Waals surface area contributed by atoms with Gasteiger partial charge in [0.1, 0.15) is 0 Å². The Kier molecular flexibility index (Phi) is 23.3. The van der Waals surface area contributed by atoms with Crippen LogP contribution in [0.5, 0.6) is 0 Å². The fourth-order valence-corrected chi connectivity index (χ4v) is 11.3. The van der Waals surface area contributed by atoms with Crippen LogP contribution in [0, 0.1) is 0 Å². The molecule has 0 N–H and O–H groups in total. The molecule has 0 saturated heterocycles. The first-order valence-electron chi connectivity index (χ1n) is 12.3. The molecular formula is C24H51Ga. The van der Waals surface area contributed by atoms with Gasteiger partial charge in [-0.3, -0.25) is 0 Å². The predicted octanol–water partition coefficient (Wildman–Crippen LogP) is 9.56. The van der Waals surface area contributed by atoms with E-state index in [1.165, 1.54) is 96.3 Å². The Labute approximate surface area is 167 Å². The van der Waals surface area contributed by atoms with E-state index in [1.807, 2.05) is 0 Å². The zero-order valence-corrected chi connectivity index (χ0v) is 20.8. The summed E-state index contributed by atoms with van der Waals surface area (Å²) in [5.41, 5.74) is 0. The van der Waals surface area contributed by atoms with Crippen LogP contribution in [-0.4, -0.2) is 16.2 Å². The third-order valence-corrected chi connectivity index (χ3v) is 13.6. The van der Waals surface area contributed by atoms with Gasteiger partial charge in [0, 0.05) is 0 Å². The van der Waals surface area contributed by atoms with Crippen LogP contribution in [0.1, 0.15) is 136 Å². The molecule has 0 heterocycles. The third kappa shape index (κ3) is 20.8. The Balaban J connectivity index is 3.76. The van der Waals surface area contributed by atoms with E-state index >= 15 is 0 Å². The molecule has 0 nitrogen and oxygen atoms in total. The van der Waals surface area contributed by atoms with Gasteiger partial charge in [-0.05, 0) is 0 Å². The summed E-state index contributed by atoms with van der Waals surface area (Å²) in [5.74, 6) is 0. The molecule has 0 aromatic heterocycles. The second kappa shape index (κ2) is 22.7. The average Bonchev–Trinajstić information content (AvgIpc) is 2.63. The Hall–Kier alpha value is 0.636. The van der Waals surface area contributed by atoms with Crippen LogP contribution in [-0.2, 0) is 0 Å². The summed E-state index contributed by atoms with van der Waals surface area (Å²) in [7, 11) is 0. The maximum atomic E-state index is 2.33. The Morgan fingerprint density at radius 1 is 0.320 bits per heavy atom. The molecule has 0 spiro atoms. The molecule has 1 heteroatoms. The molecule has 0 unspecified atom stereocenters. The zero-order chi connectivity index (χ0) is 18.4. The molecule has 0 bridgehead atoms. The minimum absolute atomic E-state index is 0.920. The molecule has 0 fully saturated rings. The monoisotopic (exact) mass is 408 g/mol. The third-order valence-electron chi connectivity index (χ3n) is 5.90. The van der Waals surface area contributed by atoms with Gasteiger partial charge >= 0.3 is 167 Å². The molecule has 0 rings (SSSR count). The van der Waals surface area contributed by atoms with Gasteiger partial charge in [-0.2, -0.15) is 0 Å². The van der Waals surface area contributed by atoms with Crippen LogP contribution in [0.15, 0.2) is 0 Å². The van der Waals surface area contributed by atoms with Crippen molar-refractivity contribution < 1.29 is 0 Å². The van der Waals surface area contributed by atoms with E-state index in [0.717, 1.165) is 0 Å². The summed E-state index contributed by atoms with van der Waals surface area (Å²) in [6, 6.07) is 0. The van der Waals surface area contributed by atoms with Gasteiger partial charge in [-0.25, -0.2) is 0 Å². The van der Waals surface area contributed by atoms with Gasteiger partial charge in [0.2, 0.25) is 0 Å². The molecule has 0 aliphatic rings. The fourth-order valence-electron chi connectivity index (χ4n) is 4.07. The van der Waals surface area contributed by atoms with Crippen LogP contribution < -0.4 is 0 Å². The Morgan fingerprint density at radius 2 is 0.560 bits per heavy atom. The molecule has 150 valence electrons. The Bertz CT molecular complexity index is 188. The topological polar surface area (TPSA) is 0 Å². The van der Waals surface area contributed by atoms with Crippen molar-refractivity contribution in [1.82, 2.24) is 0 Å². The molecular weight excluding hydrogens is 358 g/mol. The quantitative estimate of drug-likeness (QED) is 0.131. The molecule has 0 amide bonds. The van der Waals surface area contributed by atoms with E-state index < -0.39 is 16.2 Å². The minimum atomic E-state index is -0.920. The first-order chi connectivity index (χ1) is 12.3. The second-order valence-electron chi connectivity index (χ2n) is 8.54. The zero-order valence-electron chi connectivity index (χ0n) is 18.4. The normalized spacial score (nSPS) is 11.2. The van der Waals surface area contributed by atoms with Crippen LogP contribution >= 0.6 is 0 Å². The van der Waals surface area contributed by atoms with Crippen LogP contribution in [0.4, 0.5) is 0 Å². The molecule has 25 heavy (non-hydrogen) atoms. The van der Waals surface area contributed by atoms with Crippen molar-refractivity contribution in [3.63, 3.8) is 0 Å². The van der Waals surface area contributed by atoms with Crippen LogP contribution in [0.2, 0.25) is 14.9 Å². The van der Waals surface area contributed by atoms with Crippen molar-refractivity contribution in [2.45, 2.75) is 151 Å². The first-order valence-corrected chi connectivity index (χ1v) is 17.5. The van der Waals surface area contributed by atoms with Crippen molar-refractivity contribution in [2.75, 3.05) is 0 Å². The van der Waals surface area contributed by atoms with E-state index in [4.69, 9.17) is 0 Å². The summed E-state index contributed by atoms with van der Waals surface area (Å²) in [6.45, 7) is 6.98. The van der Waals surface area contributed by atoms with Crippen molar-refractivity contribution in [3.05, 3.63) is 0 Å². The van der Waals surface area contributed by atoms with Gasteiger partial charge in [0.05, 0.1) is 0 Å². The van der Waals surface area contributed by atoms with E-state index in [9.17, 15) is 0 Å². The number of unbranched alkanes of at least 4 members (excludes halogenated alkanes) is 15. The summed E-state index contributed by atoms with van der Waals surface area (Å²) in [6.07, 6.45) is 26.9. The molecule has 0 aliphatic heterocycles. The van der Waals surface area contributed by atoms with Crippen molar-refractivity contribution in [2.24, 2.45) is 0 Å². The molecule has 0 aromatic carbocycles. The number of hydrogen-bond acceptors (Lipinski definition) is 0. The van der Waals surface area contributed by atoms with Crippen molar-refractivity contribution in [3.8, 4) is 0 Å². The van der Waals surface area contributed by atoms with Gasteiger partial charge < -0.3 is 0 Å². The summed E-state index contributed by atoms with van der Waals surface area (Å²) >= 11 is -0.920. The standard InChI is InChI=1S/3C8H17.Ga/c3*1-3-5-7-8-6-4-2;/h3*1,3-8H2,2H3;. The van der Waals surface area contributed by atoms with Crippen LogP contribution in [0.25, 0.3) is 0 Å². The van der Waals surface area contributed by atoms with Crippen molar-refractivity contribution in [1.29, 1.82) is 0 Å². The van der Waals surface area contributed by atoms with Crippen molar-refractivity contribution >= 4 is 16.2 Å². The number of rotatable bonds is 21. The molecule has 0 saturated carbocycles. The SMILES string of the molecule is CCCCCCC[CH2][Ga]([CH2]CCCCCCC)[CH2]CCCCCCC. The van der Waals surface area contributed by atoms with Gasteiger partial charge in [-0.1, -0.05) is 0 Å². The number of hydrogen-bond donors (Lipinski definition) is 0. The molecule has 0 radical (unpaired) electrons. The summed E-state index contributed by atoms with van der Waals surface area (Å²) < 4.78 is 0. The fraction of sp³-hybridized carbons (Fsp3) is 1.00. The Morgan fingerprint density at radius 3 is 0.840 bits per heavy atom. The van der Waals surface area contributed by atoms with Gasteiger partial charge in [0.15, 0.2) is 0 Å². The first kappa shape index (κ1) is 25.6. The van der Waals surface area contributed by atoms with Gasteiger partial charge in [0.25, 0.3) is 0 Å². The second-order valence-corrected chi connectivity index (χ2v) is 15.8. The van der Waals surface area contributed by atoms with E-state index in [-0.39, 0.29) is 0 Å². The molecule has 0 aromatic rings. The summed E-state index contributed by atoms with van der Waals surface area (Å²) in [5, 5.41) is 0. The van der Waals surface area contributed by atoms with E-state index in [0.29, 0.717) is 0 Å². The maximum absolute atomic E-state index is 2.33. The average molecular weight is 409 g/mol. The van der Waals surface area contributed by atoms with E-state index in [1.54, 1.807) is 34.2 Å². The van der Waals surface area contributed by atoms with E-state index in [2.05, 4.69) is 20.8 Å². The molecule has 0 aliphatic carbocycles. The predicted molar refractivity (Wildman–Crippen MR) is 120 cm³/mol. The van der Waals surface area contributed by atoms with Crippen LogP contribution in [0.3, 0.4) is 0 Å².